The Morgan fingerprint density at radius 2 is 0.257 bits per heavy atom. The number of anilines is 6. The smallest absolute Gasteiger partial charge is 0.0462 e. The number of rotatable bonds is 27. The first-order chi connectivity index (χ1) is 69.3. The lowest BCUT2D eigenvalue weighted by Crippen LogP contribution is -2.09. The van der Waals surface area contributed by atoms with E-state index in [-0.39, 0.29) is 0 Å². The molecule has 3 aromatic heterocycles. The maximum Gasteiger partial charge on any atom is 0.0462 e. The number of hydrogen-bond donors (Lipinski definition) is 0. The van der Waals surface area contributed by atoms with Crippen molar-refractivity contribution in [1.82, 2.24) is 15.0 Å². The van der Waals surface area contributed by atoms with Crippen LogP contribution in [0.5, 0.6) is 0 Å². The molecule has 0 amide bonds. The zero-order valence-corrected chi connectivity index (χ0v) is 77.4. The van der Waals surface area contributed by atoms with Crippen LogP contribution in [0.4, 0.5) is 34.1 Å². The van der Waals surface area contributed by atoms with Crippen LogP contribution in [-0.2, 0) is 0 Å². The van der Waals surface area contributed by atoms with Gasteiger partial charge >= 0.3 is 0 Å². The van der Waals surface area contributed by atoms with Crippen molar-refractivity contribution in [3.8, 4) is 66.8 Å². The first-order valence-corrected chi connectivity index (χ1v) is 47.4. The van der Waals surface area contributed by atoms with Gasteiger partial charge in [-0.3, -0.25) is 15.0 Å². The van der Waals surface area contributed by atoms with Gasteiger partial charge in [-0.25, -0.2) is 0 Å². The van der Waals surface area contributed by atoms with Crippen molar-refractivity contribution in [2.24, 2.45) is 0 Å². The minimum absolute atomic E-state index is 1.08. The van der Waals surface area contributed by atoms with Crippen LogP contribution in [0.15, 0.2) is 547 Å². The molecular formula is C135H99N5. The molecule has 0 unspecified atom stereocenters. The summed E-state index contributed by atoms with van der Waals surface area (Å²) in [6.45, 7) is 0. The van der Waals surface area contributed by atoms with Crippen LogP contribution < -0.4 is 9.80 Å². The Kier molecular flexibility index (Phi) is 28.1. The Hall–Kier alpha value is -18.6. The average Bonchev–Trinajstić information content (AvgIpc) is 0.789. The van der Waals surface area contributed by atoms with Crippen LogP contribution >= 0.6 is 0 Å². The van der Waals surface area contributed by atoms with Crippen molar-refractivity contribution >= 4 is 106 Å². The molecule has 18 aromatic carbocycles. The largest absolute Gasteiger partial charge is 0.311 e. The molecule has 21 aromatic rings. The third-order valence-electron chi connectivity index (χ3n) is 25.2. The highest BCUT2D eigenvalue weighted by atomic mass is 15.1. The number of pyridine rings is 3. The SMILES string of the molecule is C(=C(c1ccccc1)c1ccccc1)c1ccc(-c2ccc(N(c3ccc(-c4ccc(C=C(c5ccccc5)c5ccccc5)cc4)cc3)c3ccc(-c4ccc(C=C(c5ccccc5)c5ccccc5)cc4)cc3)cc2)cc1.C(=C\c1ccc(-c2ccc(N(c3ccc(-c4ccc(/C=C/c5ccncc5)cc4)cc3)c3ccc(-c4ccc(/C=C/c5ccncc5)cc4)cc3)cc2)cc1)/c1ccncc1. The molecule has 0 saturated carbocycles. The van der Waals surface area contributed by atoms with E-state index < -0.39 is 0 Å². The van der Waals surface area contributed by atoms with E-state index in [2.05, 4.69) is 553 Å². The molecule has 0 spiro atoms. The summed E-state index contributed by atoms with van der Waals surface area (Å²) < 4.78 is 0. The Morgan fingerprint density at radius 3 is 0.407 bits per heavy atom. The van der Waals surface area contributed by atoms with Gasteiger partial charge in [0.25, 0.3) is 0 Å². The van der Waals surface area contributed by atoms with Crippen molar-refractivity contribution in [3.63, 3.8) is 0 Å². The number of benzene rings is 18. The van der Waals surface area contributed by atoms with Crippen molar-refractivity contribution in [3.05, 3.63) is 630 Å². The van der Waals surface area contributed by atoms with Gasteiger partial charge < -0.3 is 9.80 Å². The lowest BCUT2D eigenvalue weighted by atomic mass is 9.95. The van der Waals surface area contributed by atoms with E-state index in [0.29, 0.717) is 0 Å². The fraction of sp³-hybridized carbons (Fsp3) is 0. The predicted molar refractivity (Wildman–Crippen MR) is 594 cm³/mol. The molecule has 0 aliphatic heterocycles. The van der Waals surface area contributed by atoms with E-state index in [9.17, 15) is 0 Å². The van der Waals surface area contributed by atoms with Crippen LogP contribution in [0.25, 0.3) is 138 Å². The van der Waals surface area contributed by atoms with Gasteiger partial charge in [-0.05, 0) is 294 Å². The second kappa shape index (κ2) is 44.1. The monoisotopic (exact) mass is 1790 g/mol. The van der Waals surface area contributed by atoms with E-state index in [1.165, 1.54) is 83.5 Å². The first-order valence-electron chi connectivity index (χ1n) is 47.4. The summed E-state index contributed by atoms with van der Waals surface area (Å²) in [4.78, 5) is 17.0. The van der Waals surface area contributed by atoms with E-state index >= 15 is 0 Å². The summed E-state index contributed by atoms with van der Waals surface area (Å²) in [6.07, 6.45) is 30.5. The highest BCUT2D eigenvalue weighted by Crippen LogP contribution is 2.43. The molecular weight excluding hydrogens is 1690 g/mol. The molecule has 5 nitrogen and oxygen atoms in total. The lowest BCUT2D eigenvalue weighted by molar-refractivity contribution is 1.28. The van der Waals surface area contributed by atoms with Crippen molar-refractivity contribution < 1.29 is 0 Å². The molecule has 0 radical (unpaired) electrons. The highest BCUT2D eigenvalue weighted by molar-refractivity contribution is 5.95. The fourth-order valence-corrected chi connectivity index (χ4v) is 17.6. The maximum absolute atomic E-state index is 4.11. The van der Waals surface area contributed by atoms with Crippen LogP contribution in [0.1, 0.15) is 83.5 Å². The van der Waals surface area contributed by atoms with Crippen LogP contribution in [0.3, 0.4) is 0 Å². The van der Waals surface area contributed by atoms with Crippen LogP contribution in [-0.4, -0.2) is 15.0 Å². The minimum atomic E-state index is 1.08. The molecule has 0 bridgehead atoms. The maximum atomic E-state index is 4.11. The van der Waals surface area contributed by atoms with E-state index in [1.807, 2.05) is 73.6 Å². The summed E-state index contributed by atoms with van der Waals surface area (Å²) in [5, 5.41) is 0. The summed E-state index contributed by atoms with van der Waals surface area (Å²) in [5.41, 5.74) is 41.5. The molecule has 0 aliphatic carbocycles. The summed E-state index contributed by atoms with van der Waals surface area (Å²) in [7, 11) is 0. The van der Waals surface area contributed by atoms with Gasteiger partial charge in [0.1, 0.15) is 0 Å². The van der Waals surface area contributed by atoms with Gasteiger partial charge in [0.2, 0.25) is 0 Å². The lowest BCUT2D eigenvalue weighted by Gasteiger charge is -2.26. The van der Waals surface area contributed by atoms with Gasteiger partial charge in [-0.15, -0.1) is 0 Å². The Labute approximate surface area is 821 Å². The Morgan fingerprint density at radius 1 is 0.129 bits per heavy atom. The molecule has 5 heteroatoms. The van der Waals surface area contributed by atoms with Gasteiger partial charge in [-0.1, -0.05) is 437 Å². The average molecular weight is 1790 g/mol. The summed E-state index contributed by atoms with van der Waals surface area (Å²) in [6, 6.07) is 182. The number of aromatic nitrogens is 3. The van der Waals surface area contributed by atoms with E-state index in [4.69, 9.17) is 0 Å². The van der Waals surface area contributed by atoms with Crippen molar-refractivity contribution in [2.45, 2.75) is 0 Å². The molecule has 140 heavy (non-hydrogen) atoms. The van der Waals surface area contributed by atoms with Crippen LogP contribution in [0.2, 0.25) is 0 Å². The molecule has 0 aliphatic rings. The third-order valence-corrected chi connectivity index (χ3v) is 25.2. The fourth-order valence-electron chi connectivity index (χ4n) is 17.6. The Balaban J connectivity index is 0.000000178. The topological polar surface area (TPSA) is 45.2 Å². The van der Waals surface area contributed by atoms with Gasteiger partial charge in [0.15, 0.2) is 0 Å². The third kappa shape index (κ3) is 22.6. The second-order valence-corrected chi connectivity index (χ2v) is 34.4. The van der Waals surface area contributed by atoms with Gasteiger partial charge in [-0.2, -0.15) is 0 Å². The molecule has 0 N–H and O–H groups in total. The molecule has 0 atom stereocenters. The molecule has 0 fully saturated rings. The number of nitrogens with zero attached hydrogens (tertiary/aromatic N) is 5. The second-order valence-electron chi connectivity index (χ2n) is 34.4. The van der Waals surface area contributed by atoms with Crippen molar-refractivity contribution in [1.29, 1.82) is 0 Å². The highest BCUT2D eigenvalue weighted by Gasteiger charge is 2.19. The van der Waals surface area contributed by atoms with E-state index in [0.717, 1.165) is 118 Å². The van der Waals surface area contributed by atoms with Gasteiger partial charge in [0.05, 0.1) is 0 Å². The minimum Gasteiger partial charge on any atom is -0.311 e. The molecule has 0 saturated heterocycles. The van der Waals surface area contributed by atoms with E-state index in [1.54, 1.807) is 0 Å². The standard InChI is InChI=1S/C78H57N.C57H42N4/c1-7-19-67(20-8-1)76(68-21-9-2-10-22-68)55-58-31-37-61(38-32-58)64-43-49-73(50-44-64)79(74-51-45-65(46-52-74)62-39-33-59(34-40-62)56-77(69-23-11-3-12-24-69)70-25-13-4-14-26-70)75-53-47-66(48-54-75)63-41-35-60(36-42-63)57-78(71-27-15-5-16-28-71)72-29-17-6-18-30-72;1(4-46-31-37-58-38-32-46)43-7-13-49(14-8-43)52-19-25-55(26-20-52)61(56-27-21-53(22-28-56)50-15-9-44(10-16-50)2-5-47-33-39-59-40-34-47)57-29-23-54(24-30-57)51-17-11-45(12-18-51)3-6-48-35-41-60-42-36-48/h1-57H;1-42H/b;4-1+,5-2+,6-3+. The zero-order valence-electron chi connectivity index (χ0n) is 77.4. The predicted octanol–water partition coefficient (Wildman–Crippen LogP) is 35.8. The summed E-state index contributed by atoms with van der Waals surface area (Å²) >= 11 is 0. The van der Waals surface area contributed by atoms with Gasteiger partial charge in [0, 0.05) is 71.3 Å². The summed E-state index contributed by atoms with van der Waals surface area (Å²) in [5.74, 6) is 0. The number of hydrogen-bond acceptors (Lipinski definition) is 5. The molecule has 21 rings (SSSR count). The first kappa shape index (κ1) is 89.3. The zero-order chi connectivity index (χ0) is 94.1. The molecule has 664 valence electrons. The Bertz CT molecular complexity index is 6910. The quantitative estimate of drug-likeness (QED) is 0.0480. The normalized spacial score (nSPS) is 11.1. The van der Waals surface area contributed by atoms with Crippen LogP contribution in [0, 0.1) is 0 Å². The van der Waals surface area contributed by atoms with Crippen molar-refractivity contribution in [2.75, 3.05) is 9.80 Å². The molecule has 3 heterocycles.